The molecule has 32 heavy (non-hydrogen) atoms. The van der Waals surface area contributed by atoms with Crippen molar-refractivity contribution in [2.24, 2.45) is 0 Å². The number of benzene rings is 2. The van der Waals surface area contributed by atoms with Gasteiger partial charge in [-0.05, 0) is 60.1 Å². The number of morpholine rings is 1. The van der Waals surface area contributed by atoms with Gasteiger partial charge in [0.2, 0.25) is 17.2 Å². The SMILES string of the molecule is Clc1ccc2c(Nc3ccc(Nc4nc(Cl)nc(N5CCOCC5)n4)cc3)ccnc2c1. The van der Waals surface area contributed by atoms with Crippen LogP contribution in [-0.4, -0.2) is 46.2 Å². The number of anilines is 5. The zero-order valence-electron chi connectivity index (χ0n) is 16.9. The van der Waals surface area contributed by atoms with Gasteiger partial charge in [-0.1, -0.05) is 11.6 Å². The lowest BCUT2D eigenvalue weighted by Crippen LogP contribution is -2.37. The average molecular weight is 468 g/mol. The first-order chi connectivity index (χ1) is 15.6. The molecule has 0 spiro atoms. The van der Waals surface area contributed by atoms with Crippen molar-refractivity contribution in [3.63, 3.8) is 0 Å². The first kappa shape index (κ1) is 20.7. The third kappa shape index (κ3) is 4.67. The summed E-state index contributed by atoms with van der Waals surface area (Å²) in [6, 6.07) is 15.4. The van der Waals surface area contributed by atoms with Crippen LogP contribution in [0.2, 0.25) is 10.3 Å². The van der Waals surface area contributed by atoms with Crippen molar-refractivity contribution in [2.45, 2.75) is 0 Å². The van der Waals surface area contributed by atoms with Crippen LogP contribution in [0.1, 0.15) is 0 Å². The number of aromatic nitrogens is 4. The molecule has 3 heterocycles. The number of fused-ring (bicyclic) bond motifs is 1. The van der Waals surface area contributed by atoms with Gasteiger partial charge in [-0.15, -0.1) is 0 Å². The Morgan fingerprint density at radius 1 is 0.844 bits per heavy atom. The molecular formula is C22H19Cl2N7O. The molecule has 0 atom stereocenters. The largest absolute Gasteiger partial charge is 0.378 e. The van der Waals surface area contributed by atoms with E-state index in [4.69, 9.17) is 27.9 Å². The van der Waals surface area contributed by atoms with Crippen LogP contribution in [0.4, 0.5) is 29.0 Å². The van der Waals surface area contributed by atoms with Crippen LogP contribution in [0, 0.1) is 0 Å². The van der Waals surface area contributed by atoms with Crippen LogP contribution in [0.3, 0.4) is 0 Å². The lowest BCUT2D eigenvalue weighted by molar-refractivity contribution is 0.122. The van der Waals surface area contributed by atoms with Crippen LogP contribution in [0.25, 0.3) is 10.9 Å². The molecule has 0 saturated carbocycles. The Morgan fingerprint density at radius 3 is 2.38 bits per heavy atom. The van der Waals surface area contributed by atoms with Gasteiger partial charge >= 0.3 is 0 Å². The van der Waals surface area contributed by atoms with Gasteiger partial charge in [0.1, 0.15) is 0 Å². The van der Waals surface area contributed by atoms with Gasteiger partial charge in [-0.25, -0.2) is 0 Å². The predicted octanol–water partition coefficient (Wildman–Crippen LogP) is 5.05. The fourth-order valence-corrected chi connectivity index (χ4v) is 3.77. The number of hydrogen-bond acceptors (Lipinski definition) is 8. The van der Waals surface area contributed by atoms with E-state index in [0.29, 0.717) is 30.1 Å². The molecule has 2 N–H and O–H groups in total. The van der Waals surface area contributed by atoms with E-state index >= 15 is 0 Å². The van der Waals surface area contributed by atoms with Crippen LogP contribution < -0.4 is 15.5 Å². The number of hydrogen-bond donors (Lipinski definition) is 2. The van der Waals surface area contributed by atoms with E-state index in [2.05, 4.69) is 30.6 Å². The molecule has 5 rings (SSSR count). The van der Waals surface area contributed by atoms with E-state index in [1.807, 2.05) is 53.4 Å². The molecular weight excluding hydrogens is 449 g/mol. The fraction of sp³-hybridized carbons (Fsp3) is 0.182. The van der Waals surface area contributed by atoms with E-state index in [-0.39, 0.29) is 5.28 Å². The molecule has 4 aromatic rings. The molecule has 162 valence electrons. The second-order valence-corrected chi connectivity index (χ2v) is 7.95. The summed E-state index contributed by atoms with van der Waals surface area (Å²) in [6.07, 6.45) is 1.76. The van der Waals surface area contributed by atoms with E-state index in [9.17, 15) is 0 Å². The van der Waals surface area contributed by atoms with Gasteiger partial charge < -0.3 is 20.3 Å². The topological polar surface area (TPSA) is 88.1 Å². The molecule has 0 bridgehead atoms. The van der Waals surface area contributed by atoms with Gasteiger partial charge in [0.05, 0.1) is 18.7 Å². The maximum Gasteiger partial charge on any atom is 0.233 e. The first-order valence-corrected chi connectivity index (χ1v) is 10.8. The normalized spacial score (nSPS) is 13.9. The summed E-state index contributed by atoms with van der Waals surface area (Å²) in [4.78, 5) is 19.3. The van der Waals surface area contributed by atoms with Gasteiger partial charge in [0.25, 0.3) is 0 Å². The molecule has 0 radical (unpaired) electrons. The predicted molar refractivity (Wildman–Crippen MR) is 128 cm³/mol. The Hall–Kier alpha value is -3.20. The molecule has 1 aliphatic rings. The Morgan fingerprint density at radius 2 is 1.59 bits per heavy atom. The van der Waals surface area contributed by atoms with Crippen molar-refractivity contribution < 1.29 is 4.74 Å². The highest BCUT2D eigenvalue weighted by Gasteiger charge is 2.16. The Labute approximate surface area is 194 Å². The molecule has 2 aromatic heterocycles. The van der Waals surface area contributed by atoms with Crippen molar-refractivity contribution in [3.05, 3.63) is 65.0 Å². The minimum absolute atomic E-state index is 0.145. The summed E-state index contributed by atoms with van der Waals surface area (Å²) in [6.45, 7) is 2.72. The van der Waals surface area contributed by atoms with Gasteiger partial charge in [-0.3, -0.25) is 4.98 Å². The number of ether oxygens (including phenoxy) is 1. The zero-order chi connectivity index (χ0) is 21.9. The Balaban J connectivity index is 1.32. The average Bonchev–Trinajstić information content (AvgIpc) is 2.80. The summed E-state index contributed by atoms with van der Waals surface area (Å²) in [5, 5.41) is 8.42. The summed E-state index contributed by atoms with van der Waals surface area (Å²) < 4.78 is 5.38. The number of nitrogens with zero attached hydrogens (tertiary/aromatic N) is 5. The molecule has 1 aliphatic heterocycles. The number of nitrogens with one attached hydrogen (secondary N) is 2. The van der Waals surface area contributed by atoms with Crippen LogP contribution in [0.5, 0.6) is 0 Å². The van der Waals surface area contributed by atoms with Crippen LogP contribution in [0.15, 0.2) is 54.7 Å². The van der Waals surface area contributed by atoms with E-state index in [1.165, 1.54) is 0 Å². The summed E-state index contributed by atoms with van der Waals surface area (Å²) in [5.41, 5.74) is 3.55. The van der Waals surface area contributed by atoms with Gasteiger partial charge in [0, 0.05) is 46.8 Å². The maximum atomic E-state index is 6.12. The Bertz CT molecular complexity index is 1250. The molecule has 8 nitrogen and oxygen atoms in total. The number of pyridine rings is 1. The number of rotatable bonds is 5. The Kier molecular flexibility index (Phi) is 5.89. The lowest BCUT2D eigenvalue weighted by atomic mass is 10.2. The second-order valence-electron chi connectivity index (χ2n) is 7.17. The van der Waals surface area contributed by atoms with Crippen molar-refractivity contribution in [1.82, 2.24) is 19.9 Å². The molecule has 1 fully saturated rings. The third-order valence-electron chi connectivity index (χ3n) is 5.02. The lowest BCUT2D eigenvalue weighted by Gasteiger charge is -2.26. The smallest absolute Gasteiger partial charge is 0.233 e. The van der Waals surface area contributed by atoms with Crippen molar-refractivity contribution in [2.75, 3.05) is 41.8 Å². The highest BCUT2D eigenvalue weighted by atomic mass is 35.5. The van der Waals surface area contributed by atoms with E-state index in [1.54, 1.807) is 6.20 Å². The fourth-order valence-electron chi connectivity index (χ4n) is 3.45. The second kappa shape index (κ2) is 9.12. The quantitative estimate of drug-likeness (QED) is 0.421. The van der Waals surface area contributed by atoms with E-state index < -0.39 is 0 Å². The summed E-state index contributed by atoms with van der Waals surface area (Å²) in [5.74, 6) is 0.933. The molecule has 0 amide bonds. The first-order valence-electron chi connectivity index (χ1n) is 10.1. The zero-order valence-corrected chi connectivity index (χ0v) is 18.4. The summed E-state index contributed by atoms with van der Waals surface area (Å²) >= 11 is 12.2. The highest BCUT2D eigenvalue weighted by Crippen LogP contribution is 2.28. The molecule has 0 unspecified atom stereocenters. The van der Waals surface area contributed by atoms with Crippen LogP contribution in [-0.2, 0) is 4.74 Å². The highest BCUT2D eigenvalue weighted by molar-refractivity contribution is 6.31. The number of halogens is 2. The minimum Gasteiger partial charge on any atom is -0.378 e. The molecule has 0 aliphatic carbocycles. The van der Waals surface area contributed by atoms with Gasteiger partial charge in [0.15, 0.2) is 0 Å². The molecule has 10 heteroatoms. The molecule has 1 saturated heterocycles. The van der Waals surface area contributed by atoms with Crippen molar-refractivity contribution in [1.29, 1.82) is 0 Å². The third-order valence-corrected chi connectivity index (χ3v) is 5.42. The standard InChI is InChI=1S/C22H19Cl2N7O/c23-14-1-6-17-18(7-8-25-19(17)13-14)26-15-2-4-16(5-3-15)27-21-28-20(24)29-22(30-21)31-9-11-32-12-10-31/h1-8,13H,9-12H2,(H,25,26)(H,27,28,29,30). The van der Waals surface area contributed by atoms with E-state index in [0.717, 1.165) is 41.1 Å². The van der Waals surface area contributed by atoms with Gasteiger partial charge in [-0.2, -0.15) is 15.0 Å². The van der Waals surface area contributed by atoms with Crippen molar-refractivity contribution in [3.8, 4) is 0 Å². The maximum absolute atomic E-state index is 6.12. The van der Waals surface area contributed by atoms with Crippen LogP contribution >= 0.6 is 23.2 Å². The minimum atomic E-state index is 0.145. The summed E-state index contributed by atoms with van der Waals surface area (Å²) in [7, 11) is 0. The van der Waals surface area contributed by atoms with Crippen molar-refractivity contribution >= 4 is 63.1 Å². The molecule has 2 aromatic carbocycles. The monoisotopic (exact) mass is 467 g/mol.